The first-order chi connectivity index (χ1) is 32.6. The molecule has 0 saturated carbocycles. The highest BCUT2D eigenvalue weighted by Crippen LogP contribution is 2.15. The molecule has 0 amide bonds. The summed E-state index contributed by atoms with van der Waals surface area (Å²) in [5, 5.41) is 9.66. The van der Waals surface area contributed by atoms with E-state index in [2.05, 4.69) is 98.9 Å². The molecular weight excluding hydrogens is 835 g/mol. The van der Waals surface area contributed by atoms with E-state index in [1.807, 2.05) is 21.1 Å². The Balaban J connectivity index is 4.31. The fourth-order valence-electron chi connectivity index (χ4n) is 7.63. The Labute approximate surface area is 412 Å². The zero-order valence-electron chi connectivity index (χ0n) is 43.8. The number of allylic oxidation sites excluding steroid dienone is 14. The quantitative estimate of drug-likeness (QED) is 0.0281. The standard InChI is InChI=1S/C59H101NO7/c1-6-8-10-12-14-16-18-20-22-24-26-28-29-30-32-33-35-37-39-41-43-45-47-49-57(61)66-54-55(53-65-52-51-56(59(63)64)60(3,4)5)67-58(62)50-48-46-44-42-40-38-36-34-31-27-25-23-21-19-17-15-13-11-9-7-2/h9,11,15,17,21,23,27,30-32,36,38,42,44,55-56H,6-8,10,12-14,16,18-20,22,24-26,28-29,33-35,37,39-41,43,45-54H2,1-5H3/p+1/b11-9+,17-15+,23-21+,31-27+,32-30+,38-36+,44-42+. The molecule has 2 atom stereocenters. The van der Waals surface area contributed by atoms with Gasteiger partial charge in [-0.05, 0) is 83.5 Å². The van der Waals surface area contributed by atoms with E-state index in [9.17, 15) is 19.5 Å². The number of esters is 2. The van der Waals surface area contributed by atoms with Gasteiger partial charge in [0.15, 0.2) is 12.1 Å². The van der Waals surface area contributed by atoms with Gasteiger partial charge in [0.1, 0.15) is 6.61 Å². The molecule has 67 heavy (non-hydrogen) atoms. The van der Waals surface area contributed by atoms with E-state index in [4.69, 9.17) is 14.2 Å². The van der Waals surface area contributed by atoms with Crippen molar-refractivity contribution in [3.63, 3.8) is 0 Å². The van der Waals surface area contributed by atoms with Gasteiger partial charge in [-0.15, -0.1) is 0 Å². The number of carboxylic acid groups (broad SMARTS) is 1. The van der Waals surface area contributed by atoms with Crippen molar-refractivity contribution in [2.24, 2.45) is 0 Å². The molecule has 0 spiro atoms. The van der Waals surface area contributed by atoms with Crippen molar-refractivity contribution in [2.75, 3.05) is 41.0 Å². The van der Waals surface area contributed by atoms with Crippen LogP contribution in [0.3, 0.4) is 0 Å². The van der Waals surface area contributed by atoms with Crippen LogP contribution >= 0.6 is 0 Å². The topological polar surface area (TPSA) is 99.1 Å². The molecule has 0 rings (SSSR count). The number of nitrogens with zero attached hydrogens (tertiary/aromatic N) is 1. The van der Waals surface area contributed by atoms with E-state index in [1.165, 1.54) is 116 Å². The fraction of sp³-hybridized carbons (Fsp3) is 0.712. The molecule has 0 bridgehead atoms. The number of likely N-dealkylation sites (N-methyl/N-ethyl adjacent to an activating group) is 1. The van der Waals surface area contributed by atoms with Crippen molar-refractivity contribution >= 4 is 17.9 Å². The fourth-order valence-corrected chi connectivity index (χ4v) is 7.63. The molecule has 0 saturated heterocycles. The molecule has 0 radical (unpaired) electrons. The third-order valence-corrected chi connectivity index (χ3v) is 11.8. The number of aliphatic carboxylic acids is 1. The SMILES string of the molecule is CC/C=C/C/C=C/C/C=C/C/C=C/C/C=C/C/C=C/CCCC(=O)OC(COCCC(C(=O)O)[N+](C)(C)C)COC(=O)CCCCCCCCC/C=C/CCCCCCCCCCCCCC. The van der Waals surface area contributed by atoms with Gasteiger partial charge in [-0.3, -0.25) is 9.59 Å². The summed E-state index contributed by atoms with van der Waals surface area (Å²) in [6.07, 6.45) is 65.1. The number of hydrogen-bond donors (Lipinski definition) is 1. The Hall–Kier alpha value is -3.49. The van der Waals surface area contributed by atoms with Crippen molar-refractivity contribution < 1.29 is 38.2 Å². The molecule has 8 heteroatoms. The highest BCUT2D eigenvalue weighted by atomic mass is 16.6. The van der Waals surface area contributed by atoms with Crippen LogP contribution in [-0.2, 0) is 28.6 Å². The van der Waals surface area contributed by atoms with E-state index in [-0.39, 0.29) is 42.7 Å². The second-order valence-corrected chi connectivity index (χ2v) is 19.1. The van der Waals surface area contributed by atoms with Gasteiger partial charge in [-0.1, -0.05) is 202 Å². The third-order valence-electron chi connectivity index (χ3n) is 11.8. The van der Waals surface area contributed by atoms with E-state index < -0.39 is 18.1 Å². The van der Waals surface area contributed by atoms with Crippen LogP contribution in [0, 0.1) is 0 Å². The lowest BCUT2D eigenvalue weighted by molar-refractivity contribution is -0.887. The predicted molar refractivity (Wildman–Crippen MR) is 284 cm³/mol. The maximum Gasteiger partial charge on any atom is 0.362 e. The monoisotopic (exact) mass is 937 g/mol. The third kappa shape index (κ3) is 47.4. The lowest BCUT2D eigenvalue weighted by atomic mass is 10.0. The number of ether oxygens (including phenoxy) is 3. The van der Waals surface area contributed by atoms with Crippen molar-refractivity contribution in [3.8, 4) is 0 Å². The summed E-state index contributed by atoms with van der Waals surface area (Å²) in [4.78, 5) is 37.2. The Morgan fingerprint density at radius 3 is 1.30 bits per heavy atom. The second-order valence-electron chi connectivity index (χ2n) is 19.1. The zero-order chi connectivity index (χ0) is 49.2. The first kappa shape index (κ1) is 63.5. The van der Waals surface area contributed by atoms with E-state index in [0.717, 1.165) is 64.2 Å². The van der Waals surface area contributed by atoms with Crippen molar-refractivity contribution in [1.29, 1.82) is 0 Å². The molecule has 0 heterocycles. The molecule has 0 aliphatic rings. The highest BCUT2D eigenvalue weighted by molar-refractivity contribution is 5.72. The average molecular weight is 937 g/mol. The highest BCUT2D eigenvalue weighted by Gasteiger charge is 2.31. The van der Waals surface area contributed by atoms with Crippen LogP contribution in [0.25, 0.3) is 0 Å². The van der Waals surface area contributed by atoms with Crippen LogP contribution in [0.15, 0.2) is 85.1 Å². The number of quaternary nitrogens is 1. The van der Waals surface area contributed by atoms with Gasteiger partial charge in [0.05, 0.1) is 34.4 Å². The lowest BCUT2D eigenvalue weighted by Crippen LogP contribution is -2.50. The molecule has 0 aliphatic heterocycles. The zero-order valence-corrected chi connectivity index (χ0v) is 43.8. The largest absolute Gasteiger partial charge is 0.477 e. The Morgan fingerprint density at radius 1 is 0.463 bits per heavy atom. The minimum atomic E-state index is -0.886. The van der Waals surface area contributed by atoms with Gasteiger partial charge in [-0.2, -0.15) is 0 Å². The number of rotatable bonds is 48. The molecule has 8 nitrogen and oxygen atoms in total. The van der Waals surface area contributed by atoms with Crippen LogP contribution in [0.5, 0.6) is 0 Å². The van der Waals surface area contributed by atoms with Crippen molar-refractivity contribution in [3.05, 3.63) is 85.1 Å². The molecule has 0 fully saturated rings. The number of carbonyl (C=O) groups is 3. The lowest BCUT2D eigenvalue weighted by Gasteiger charge is -2.31. The van der Waals surface area contributed by atoms with E-state index in [1.54, 1.807) is 0 Å². The maximum absolute atomic E-state index is 12.8. The summed E-state index contributed by atoms with van der Waals surface area (Å²) >= 11 is 0. The van der Waals surface area contributed by atoms with Gasteiger partial charge >= 0.3 is 17.9 Å². The minimum Gasteiger partial charge on any atom is -0.477 e. The van der Waals surface area contributed by atoms with Crippen LogP contribution in [-0.4, -0.2) is 80.6 Å². The molecule has 0 aromatic carbocycles. The molecule has 0 aromatic rings. The summed E-state index contributed by atoms with van der Waals surface area (Å²) in [5.74, 6) is -1.55. The van der Waals surface area contributed by atoms with Crippen LogP contribution in [0.4, 0.5) is 0 Å². The smallest absolute Gasteiger partial charge is 0.362 e. The molecule has 2 unspecified atom stereocenters. The number of hydrogen-bond acceptors (Lipinski definition) is 6. The van der Waals surface area contributed by atoms with Crippen LogP contribution < -0.4 is 0 Å². The molecule has 0 aliphatic carbocycles. The van der Waals surface area contributed by atoms with Gasteiger partial charge in [0.2, 0.25) is 0 Å². The molecular formula is C59H102NO7+. The number of unbranched alkanes of at least 4 members (excludes halogenated alkanes) is 20. The average Bonchev–Trinajstić information content (AvgIpc) is 3.29. The summed E-state index contributed by atoms with van der Waals surface area (Å²) in [7, 11) is 5.51. The first-order valence-corrected chi connectivity index (χ1v) is 27.1. The number of carboxylic acids is 1. The summed E-state index contributed by atoms with van der Waals surface area (Å²) in [5.41, 5.74) is 0. The predicted octanol–water partition coefficient (Wildman–Crippen LogP) is 16.0. The maximum atomic E-state index is 12.8. The van der Waals surface area contributed by atoms with Crippen LogP contribution in [0.2, 0.25) is 0 Å². The summed E-state index contributed by atoms with van der Waals surface area (Å²) < 4.78 is 17.3. The molecule has 1 N–H and O–H groups in total. The Morgan fingerprint density at radius 2 is 0.851 bits per heavy atom. The van der Waals surface area contributed by atoms with Crippen molar-refractivity contribution in [1.82, 2.24) is 0 Å². The van der Waals surface area contributed by atoms with Crippen LogP contribution in [0.1, 0.15) is 219 Å². The van der Waals surface area contributed by atoms with Gasteiger partial charge in [-0.25, -0.2) is 4.79 Å². The summed E-state index contributed by atoms with van der Waals surface area (Å²) in [6, 6.07) is -0.631. The Bertz CT molecular complexity index is 1370. The number of carbonyl (C=O) groups excluding carboxylic acids is 2. The van der Waals surface area contributed by atoms with E-state index in [0.29, 0.717) is 19.3 Å². The van der Waals surface area contributed by atoms with Crippen molar-refractivity contribution in [2.45, 2.75) is 231 Å². The van der Waals surface area contributed by atoms with Gasteiger partial charge in [0.25, 0.3) is 0 Å². The minimum absolute atomic E-state index is 0.0326. The van der Waals surface area contributed by atoms with Gasteiger partial charge in [0, 0.05) is 19.3 Å². The normalized spacial score (nSPS) is 13.5. The Kier molecular flexibility index (Phi) is 46.4. The van der Waals surface area contributed by atoms with Gasteiger partial charge < -0.3 is 23.8 Å². The second kappa shape index (κ2) is 48.9. The molecule has 0 aromatic heterocycles. The van der Waals surface area contributed by atoms with E-state index >= 15 is 0 Å². The molecule has 384 valence electrons. The first-order valence-electron chi connectivity index (χ1n) is 27.1. The summed E-state index contributed by atoms with van der Waals surface area (Å²) in [6.45, 7) is 4.57.